The van der Waals surface area contributed by atoms with Crippen LogP contribution < -0.4 is 4.90 Å². The summed E-state index contributed by atoms with van der Waals surface area (Å²) in [6, 6.07) is 5.90. The zero-order valence-corrected chi connectivity index (χ0v) is 13.7. The van der Waals surface area contributed by atoms with E-state index in [9.17, 15) is 22.4 Å². The standard InChI is InChI=1S/C17H15F4N3O2/c1-9-6-22-16(23-14(9)10-4-2-3-5-13(10)18)24-7-11(15(25)26)12(8-24)17(19,20)21/h2-6,11-12H,7-8H2,1H3,(H,25,26)/t11-,12-/m1/s1. The molecule has 0 unspecified atom stereocenters. The van der Waals surface area contributed by atoms with Gasteiger partial charge in [0.15, 0.2) is 0 Å². The van der Waals surface area contributed by atoms with Gasteiger partial charge in [-0.2, -0.15) is 13.2 Å². The van der Waals surface area contributed by atoms with Gasteiger partial charge in [-0.15, -0.1) is 0 Å². The van der Waals surface area contributed by atoms with Crippen LogP contribution in [0.15, 0.2) is 30.5 Å². The van der Waals surface area contributed by atoms with E-state index < -0.39 is 36.3 Å². The average Bonchev–Trinajstić information content (AvgIpc) is 3.02. The van der Waals surface area contributed by atoms with E-state index in [0.29, 0.717) is 5.56 Å². The third-order valence-corrected chi connectivity index (χ3v) is 4.43. The quantitative estimate of drug-likeness (QED) is 0.841. The van der Waals surface area contributed by atoms with Gasteiger partial charge in [0.1, 0.15) is 5.82 Å². The molecule has 2 heterocycles. The first kappa shape index (κ1) is 18.1. The molecule has 1 fully saturated rings. The van der Waals surface area contributed by atoms with Crippen LogP contribution in [0.3, 0.4) is 0 Å². The summed E-state index contributed by atoms with van der Waals surface area (Å²) in [7, 11) is 0. The number of carboxylic acid groups (broad SMARTS) is 1. The lowest BCUT2D eigenvalue weighted by Crippen LogP contribution is -2.33. The Morgan fingerprint density at radius 3 is 2.54 bits per heavy atom. The predicted molar refractivity (Wildman–Crippen MR) is 85.0 cm³/mol. The molecule has 0 spiro atoms. The van der Waals surface area contributed by atoms with E-state index in [-0.39, 0.29) is 23.8 Å². The van der Waals surface area contributed by atoms with Crippen molar-refractivity contribution in [1.82, 2.24) is 9.97 Å². The minimum Gasteiger partial charge on any atom is -0.481 e. The Kier molecular flexibility index (Phi) is 4.55. The second-order valence-electron chi connectivity index (χ2n) is 6.18. The lowest BCUT2D eigenvalue weighted by Gasteiger charge is -2.19. The Balaban J connectivity index is 1.97. The molecule has 1 aromatic heterocycles. The maximum atomic E-state index is 14.0. The number of carbonyl (C=O) groups is 1. The van der Waals surface area contributed by atoms with Crippen molar-refractivity contribution in [3.63, 3.8) is 0 Å². The summed E-state index contributed by atoms with van der Waals surface area (Å²) < 4.78 is 53.5. The van der Waals surface area contributed by atoms with Crippen LogP contribution in [-0.2, 0) is 4.79 Å². The molecule has 26 heavy (non-hydrogen) atoms. The molecule has 0 aliphatic carbocycles. The molecule has 1 aromatic carbocycles. The van der Waals surface area contributed by atoms with E-state index in [1.165, 1.54) is 29.3 Å². The maximum absolute atomic E-state index is 14.0. The minimum atomic E-state index is -4.64. The fourth-order valence-corrected chi connectivity index (χ4v) is 3.06. The summed E-state index contributed by atoms with van der Waals surface area (Å²) in [5, 5.41) is 9.11. The normalized spacial score (nSPS) is 20.4. The predicted octanol–water partition coefficient (Wildman–Crippen LogP) is 3.29. The highest BCUT2D eigenvalue weighted by molar-refractivity contribution is 5.72. The summed E-state index contributed by atoms with van der Waals surface area (Å²) in [5.74, 6) is -5.69. The Labute approximate surface area is 146 Å². The highest BCUT2D eigenvalue weighted by Crippen LogP contribution is 2.39. The highest BCUT2D eigenvalue weighted by Gasteiger charge is 2.53. The maximum Gasteiger partial charge on any atom is 0.394 e. The summed E-state index contributed by atoms with van der Waals surface area (Å²) >= 11 is 0. The van der Waals surface area contributed by atoms with Gasteiger partial charge in [0.05, 0.1) is 17.5 Å². The molecule has 1 saturated heterocycles. The van der Waals surface area contributed by atoms with Crippen LogP contribution in [0.1, 0.15) is 5.56 Å². The molecule has 5 nitrogen and oxygen atoms in total. The fourth-order valence-electron chi connectivity index (χ4n) is 3.06. The van der Waals surface area contributed by atoms with Crippen LogP contribution in [0.2, 0.25) is 0 Å². The molecule has 1 aliphatic heterocycles. The third kappa shape index (κ3) is 3.33. The van der Waals surface area contributed by atoms with E-state index in [1.807, 2.05) is 0 Å². The van der Waals surface area contributed by atoms with Gasteiger partial charge in [0, 0.05) is 24.8 Å². The average molecular weight is 369 g/mol. The number of nitrogens with zero attached hydrogens (tertiary/aromatic N) is 3. The number of alkyl halides is 3. The van der Waals surface area contributed by atoms with Gasteiger partial charge < -0.3 is 10.0 Å². The molecule has 3 rings (SSSR count). The van der Waals surface area contributed by atoms with Crippen LogP contribution in [0.4, 0.5) is 23.5 Å². The van der Waals surface area contributed by atoms with E-state index >= 15 is 0 Å². The zero-order valence-electron chi connectivity index (χ0n) is 13.7. The first-order valence-corrected chi connectivity index (χ1v) is 7.81. The lowest BCUT2D eigenvalue weighted by atomic mass is 9.96. The monoisotopic (exact) mass is 369 g/mol. The second-order valence-corrected chi connectivity index (χ2v) is 6.18. The molecule has 0 bridgehead atoms. The summed E-state index contributed by atoms with van der Waals surface area (Å²) in [6.45, 7) is 0.744. The number of hydrogen-bond acceptors (Lipinski definition) is 4. The zero-order chi connectivity index (χ0) is 19.1. The second kappa shape index (κ2) is 6.54. The SMILES string of the molecule is Cc1cnc(N2C[C@@H](C(F)(F)F)[C@H](C(=O)O)C2)nc1-c1ccccc1F. The van der Waals surface area contributed by atoms with Gasteiger partial charge in [-0.05, 0) is 24.6 Å². The van der Waals surface area contributed by atoms with E-state index in [0.717, 1.165) is 0 Å². The van der Waals surface area contributed by atoms with Gasteiger partial charge in [0.25, 0.3) is 0 Å². The van der Waals surface area contributed by atoms with Crippen LogP contribution in [0.25, 0.3) is 11.3 Å². The molecule has 0 amide bonds. The number of carboxylic acids is 1. The number of rotatable bonds is 3. The first-order valence-electron chi connectivity index (χ1n) is 7.81. The van der Waals surface area contributed by atoms with Crippen molar-refractivity contribution in [3.05, 3.63) is 41.8 Å². The largest absolute Gasteiger partial charge is 0.481 e. The summed E-state index contributed by atoms with van der Waals surface area (Å²) in [6.07, 6.45) is -3.25. The van der Waals surface area contributed by atoms with Crippen molar-refractivity contribution in [2.45, 2.75) is 13.1 Å². The molecule has 138 valence electrons. The van der Waals surface area contributed by atoms with Gasteiger partial charge in [-0.1, -0.05) is 12.1 Å². The molecule has 0 radical (unpaired) electrons. The smallest absolute Gasteiger partial charge is 0.394 e. The van der Waals surface area contributed by atoms with Gasteiger partial charge in [-0.25, -0.2) is 14.4 Å². The molecule has 2 aromatic rings. The van der Waals surface area contributed by atoms with Crippen molar-refractivity contribution >= 4 is 11.9 Å². The summed E-state index contributed by atoms with van der Waals surface area (Å²) in [5.41, 5.74) is 1.02. The number of aliphatic carboxylic acids is 1. The summed E-state index contributed by atoms with van der Waals surface area (Å²) in [4.78, 5) is 20.6. The molecule has 9 heteroatoms. The van der Waals surface area contributed by atoms with E-state index in [4.69, 9.17) is 5.11 Å². The number of aryl methyl sites for hydroxylation is 1. The number of anilines is 1. The van der Waals surface area contributed by atoms with Crippen molar-refractivity contribution in [2.24, 2.45) is 11.8 Å². The van der Waals surface area contributed by atoms with Crippen LogP contribution >= 0.6 is 0 Å². The molecule has 1 N–H and O–H groups in total. The van der Waals surface area contributed by atoms with E-state index in [1.54, 1.807) is 13.0 Å². The van der Waals surface area contributed by atoms with Gasteiger partial charge in [0.2, 0.25) is 5.95 Å². The molecular formula is C17H15F4N3O2. The van der Waals surface area contributed by atoms with Gasteiger partial charge >= 0.3 is 12.1 Å². The highest BCUT2D eigenvalue weighted by atomic mass is 19.4. The number of halogens is 4. The Morgan fingerprint density at radius 1 is 1.27 bits per heavy atom. The number of benzene rings is 1. The van der Waals surface area contributed by atoms with Crippen molar-refractivity contribution in [3.8, 4) is 11.3 Å². The Bertz CT molecular complexity index is 841. The van der Waals surface area contributed by atoms with Crippen molar-refractivity contribution < 1.29 is 27.5 Å². The minimum absolute atomic E-state index is 0.0492. The van der Waals surface area contributed by atoms with Gasteiger partial charge in [-0.3, -0.25) is 4.79 Å². The number of aromatic nitrogens is 2. The lowest BCUT2D eigenvalue weighted by molar-refractivity contribution is -0.187. The van der Waals surface area contributed by atoms with Crippen molar-refractivity contribution in [1.29, 1.82) is 0 Å². The van der Waals surface area contributed by atoms with E-state index in [2.05, 4.69) is 9.97 Å². The van der Waals surface area contributed by atoms with Crippen LogP contribution in [0.5, 0.6) is 0 Å². The van der Waals surface area contributed by atoms with Crippen LogP contribution in [-0.4, -0.2) is 40.3 Å². The molecule has 2 atom stereocenters. The first-order chi connectivity index (χ1) is 12.2. The number of hydrogen-bond donors (Lipinski definition) is 1. The molecule has 1 aliphatic rings. The van der Waals surface area contributed by atoms with Crippen LogP contribution in [0, 0.1) is 24.6 Å². The Morgan fingerprint density at radius 2 is 1.96 bits per heavy atom. The third-order valence-electron chi connectivity index (χ3n) is 4.43. The van der Waals surface area contributed by atoms with Crippen molar-refractivity contribution in [2.75, 3.05) is 18.0 Å². The molecule has 0 saturated carbocycles. The fraction of sp³-hybridized carbons (Fsp3) is 0.353. The Hall–Kier alpha value is -2.71. The molecular weight excluding hydrogens is 354 g/mol. The topological polar surface area (TPSA) is 66.3 Å².